The Hall–Kier alpha value is -8.15. The Morgan fingerprint density at radius 2 is 0.750 bits per heavy atom. The molecular formula is C55H37N5. The van der Waals surface area contributed by atoms with E-state index in [1.165, 1.54) is 21.9 Å². The second-order valence-corrected chi connectivity index (χ2v) is 14.9. The minimum Gasteiger partial charge on any atom is -0.310 e. The summed E-state index contributed by atoms with van der Waals surface area (Å²) in [6.45, 7) is 0. The first kappa shape index (κ1) is 35.0. The molecule has 9 aromatic carbocycles. The number of hydrogen-bond acceptors (Lipinski definition) is 4. The fraction of sp³-hybridized carbons (Fsp3) is 0. The first-order valence-corrected chi connectivity index (χ1v) is 20.2. The first-order chi connectivity index (χ1) is 29.7. The van der Waals surface area contributed by atoms with E-state index in [4.69, 9.17) is 15.0 Å². The van der Waals surface area contributed by atoms with Crippen LogP contribution in [0.5, 0.6) is 0 Å². The van der Waals surface area contributed by atoms with Crippen LogP contribution >= 0.6 is 0 Å². The van der Waals surface area contributed by atoms with Crippen LogP contribution in [0.3, 0.4) is 0 Å². The molecule has 0 bridgehead atoms. The average molecular weight is 768 g/mol. The van der Waals surface area contributed by atoms with Gasteiger partial charge in [-0.1, -0.05) is 176 Å². The summed E-state index contributed by atoms with van der Waals surface area (Å²) < 4.78 is 2.22. The van der Waals surface area contributed by atoms with Gasteiger partial charge in [-0.05, 0) is 81.6 Å². The summed E-state index contributed by atoms with van der Waals surface area (Å²) in [5.74, 6) is 1.78. The molecule has 5 nitrogen and oxygen atoms in total. The van der Waals surface area contributed by atoms with E-state index in [1.54, 1.807) is 0 Å². The Bertz CT molecular complexity index is 3230. The van der Waals surface area contributed by atoms with E-state index in [2.05, 4.69) is 173 Å². The summed E-state index contributed by atoms with van der Waals surface area (Å²) in [4.78, 5) is 17.9. The third-order valence-electron chi connectivity index (χ3n) is 11.2. The van der Waals surface area contributed by atoms with Crippen molar-refractivity contribution in [1.82, 2.24) is 19.5 Å². The lowest BCUT2D eigenvalue weighted by Gasteiger charge is -2.26. The molecule has 0 spiro atoms. The molecule has 0 aliphatic rings. The highest BCUT2D eigenvalue weighted by molar-refractivity contribution is 6.11. The maximum absolute atomic E-state index is 5.25. The third kappa shape index (κ3) is 6.45. The topological polar surface area (TPSA) is 46.8 Å². The minimum atomic E-state index is 0.552. The van der Waals surface area contributed by atoms with E-state index in [0.29, 0.717) is 17.6 Å². The van der Waals surface area contributed by atoms with Crippen molar-refractivity contribution in [3.8, 4) is 51.0 Å². The number of anilines is 3. The highest BCUT2D eigenvalue weighted by Gasteiger charge is 2.21. The van der Waals surface area contributed by atoms with Gasteiger partial charge >= 0.3 is 0 Å². The zero-order valence-corrected chi connectivity index (χ0v) is 32.6. The van der Waals surface area contributed by atoms with E-state index >= 15 is 0 Å². The quantitative estimate of drug-likeness (QED) is 0.154. The highest BCUT2D eigenvalue weighted by Crippen LogP contribution is 2.41. The molecule has 5 heteroatoms. The molecule has 0 radical (unpaired) electrons. The van der Waals surface area contributed by atoms with Crippen molar-refractivity contribution in [3.05, 3.63) is 224 Å². The summed E-state index contributed by atoms with van der Waals surface area (Å²) in [5.41, 5.74) is 11.6. The number of nitrogens with zero attached hydrogens (tertiary/aromatic N) is 5. The lowest BCUT2D eigenvalue weighted by molar-refractivity contribution is 0.953. The highest BCUT2D eigenvalue weighted by atomic mass is 15.2. The van der Waals surface area contributed by atoms with Gasteiger partial charge in [-0.2, -0.15) is 9.97 Å². The van der Waals surface area contributed by atoms with E-state index in [1.807, 2.05) is 60.7 Å². The molecule has 0 aliphatic carbocycles. The predicted octanol–water partition coefficient (Wildman–Crippen LogP) is 14.3. The molecule has 0 fully saturated rings. The number of aromatic nitrogens is 4. The molecular weight excluding hydrogens is 731 g/mol. The summed E-state index contributed by atoms with van der Waals surface area (Å²) in [6, 6.07) is 78.9. The second kappa shape index (κ2) is 15.0. The average Bonchev–Trinajstić information content (AvgIpc) is 3.66. The van der Waals surface area contributed by atoms with Crippen LogP contribution in [0.1, 0.15) is 0 Å². The van der Waals surface area contributed by atoms with Crippen LogP contribution in [0.15, 0.2) is 224 Å². The zero-order valence-electron chi connectivity index (χ0n) is 32.6. The van der Waals surface area contributed by atoms with E-state index in [0.717, 1.165) is 61.1 Å². The van der Waals surface area contributed by atoms with Crippen LogP contribution in [-0.4, -0.2) is 19.5 Å². The molecule has 11 rings (SSSR count). The van der Waals surface area contributed by atoms with Gasteiger partial charge in [0.05, 0.1) is 11.0 Å². The minimum absolute atomic E-state index is 0.552. The molecule has 0 amide bonds. The molecule has 0 atom stereocenters. The Morgan fingerprint density at radius 3 is 1.40 bits per heavy atom. The standard InChI is InChI=1S/C55H37N5/c1-5-15-38(16-6-1)45-29-33-49-50-34-32-48(59(46-23-11-4-12-24-46)47-30-27-40(28-31-47)44-26-25-39-17-13-14-22-43(39)35-44)37-52(50)60(51(49)36-45)55-57-53(41-18-7-2-8-19-41)56-54(58-55)42-20-9-3-10-21-42/h1-37H. The van der Waals surface area contributed by atoms with Crippen molar-refractivity contribution in [1.29, 1.82) is 0 Å². The maximum Gasteiger partial charge on any atom is 0.238 e. The van der Waals surface area contributed by atoms with Crippen LogP contribution < -0.4 is 4.90 Å². The number of rotatable bonds is 8. The van der Waals surface area contributed by atoms with E-state index < -0.39 is 0 Å². The fourth-order valence-electron chi connectivity index (χ4n) is 8.27. The molecule has 11 aromatic rings. The van der Waals surface area contributed by atoms with Gasteiger partial charge in [0, 0.05) is 39.0 Å². The predicted molar refractivity (Wildman–Crippen MR) is 248 cm³/mol. The van der Waals surface area contributed by atoms with Crippen molar-refractivity contribution in [3.63, 3.8) is 0 Å². The van der Waals surface area contributed by atoms with E-state index in [9.17, 15) is 0 Å². The fourth-order valence-corrected chi connectivity index (χ4v) is 8.27. The number of para-hydroxylation sites is 1. The van der Waals surface area contributed by atoms with Crippen LogP contribution in [0.25, 0.3) is 83.6 Å². The molecule has 0 unspecified atom stereocenters. The summed E-state index contributed by atoms with van der Waals surface area (Å²) in [5, 5.41) is 4.69. The van der Waals surface area contributed by atoms with Crippen molar-refractivity contribution < 1.29 is 0 Å². The third-order valence-corrected chi connectivity index (χ3v) is 11.2. The lowest BCUT2D eigenvalue weighted by atomic mass is 10.0. The van der Waals surface area contributed by atoms with Crippen LogP contribution in [-0.2, 0) is 0 Å². The first-order valence-electron chi connectivity index (χ1n) is 20.2. The van der Waals surface area contributed by atoms with Gasteiger partial charge in [-0.25, -0.2) is 4.98 Å². The van der Waals surface area contributed by atoms with E-state index in [-0.39, 0.29) is 0 Å². The summed E-state index contributed by atoms with van der Waals surface area (Å²) in [6.07, 6.45) is 0. The summed E-state index contributed by atoms with van der Waals surface area (Å²) >= 11 is 0. The number of benzene rings is 9. The molecule has 0 aliphatic heterocycles. The molecule has 0 saturated carbocycles. The summed E-state index contributed by atoms with van der Waals surface area (Å²) in [7, 11) is 0. The van der Waals surface area contributed by atoms with Crippen molar-refractivity contribution >= 4 is 49.6 Å². The van der Waals surface area contributed by atoms with Gasteiger partial charge in [-0.3, -0.25) is 4.57 Å². The number of hydrogen-bond donors (Lipinski definition) is 0. The lowest BCUT2D eigenvalue weighted by Crippen LogP contribution is -2.10. The molecule has 60 heavy (non-hydrogen) atoms. The van der Waals surface area contributed by atoms with Crippen molar-refractivity contribution in [2.75, 3.05) is 4.90 Å². The molecule has 282 valence electrons. The van der Waals surface area contributed by atoms with Crippen molar-refractivity contribution in [2.45, 2.75) is 0 Å². The van der Waals surface area contributed by atoms with Crippen LogP contribution in [0.4, 0.5) is 17.1 Å². The second-order valence-electron chi connectivity index (χ2n) is 14.9. The zero-order chi connectivity index (χ0) is 39.8. The SMILES string of the molecule is c1ccc(-c2ccc3c4ccc(N(c5ccccc5)c5ccc(-c6ccc7ccccc7c6)cc5)cc4n(-c4nc(-c5ccccc5)nc(-c5ccccc5)n4)c3c2)cc1. The van der Waals surface area contributed by atoms with Gasteiger partial charge in [0.2, 0.25) is 5.95 Å². The molecule has 0 saturated heterocycles. The van der Waals surface area contributed by atoms with Gasteiger partial charge in [-0.15, -0.1) is 0 Å². The van der Waals surface area contributed by atoms with Crippen LogP contribution in [0.2, 0.25) is 0 Å². The Labute approximate surface area is 348 Å². The molecule has 0 N–H and O–H groups in total. The Kier molecular flexibility index (Phi) is 8.75. The largest absolute Gasteiger partial charge is 0.310 e. The van der Waals surface area contributed by atoms with Crippen LogP contribution in [0, 0.1) is 0 Å². The number of fused-ring (bicyclic) bond motifs is 4. The molecule has 2 aromatic heterocycles. The normalized spacial score (nSPS) is 11.3. The van der Waals surface area contributed by atoms with Gasteiger partial charge in [0.1, 0.15) is 0 Å². The maximum atomic E-state index is 5.25. The van der Waals surface area contributed by atoms with Gasteiger partial charge in [0.15, 0.2) is 11.6 Å². The van der Waals surface area contributed by atoms with Gasteiger partial charge < -0.3 is 4.90 Å². The monoisotopic (exact) mass is 767 g/mol. The van der Waals surface area contributed by atoms with Crippen molar-refractivity contribution in [2.24, 2.45) is 0 Å². The Morgan fingerprint density at radius 1 is 0.300 bits per heavy atom. The van der Waals surface area contributed by atoms with Gasteiger partial charge in [0.25, 0.3) is 0 Å². The molecule has 2 heterocycles. The Balaban J connectivity index is 1.13. The smallest absolute Gasteiger partial charge is 0.238 e.